The zero-order chi connectivity index (χ0) is 9.80. The smallest absolute Gasteiger partial charge is 0.123 e. The molecule has 1 aromatic rings. The van der Waals surface area contributed by atoms with Crippen molar-refractivity contribution in [1.82, 2.24) is 5.32 Å². The van der Waals surface area contributed by atoms with Gasteiger partial charge in [-0.3, -0.25) is 0 Å². The molecule has 0 radical (unpaired) electrons. The summed E-state index contributed by atoms with van der Waals surface area (Å²) in [4.78, 5) is 0. The zero-order valence-corrected chi connectivity index (χ0v) is 8.32. The second-order valence-corrected chi connectivity index (χ2v) is 3.41. The van der Waals surface area contributed by atoms with Crippen molar-refractivity contribution in [3.8, 4) is 11.5 Å². The third-order valence-corrected chi connectivity index (χ3v) is 2.36. The summed E-state index contributed by atoms with van der Waals surface area (Å²) in [6.45, 7) is 1.99. The van der Waals surface area contributed by atoms with Gasteiger partial charge in [-0.15, -0.1) is 0 Å². The molecule has 3 heteroatoms. The van der Waals surface area contributed by atoms with Crippen LogP contribution >= 0.6 is 0 Å². The highest BCUT2D eigenvalue weighted by atomic mass is 16.5. The van der Waals surface area contributed by atoms with Gasteiger partial charge in [0, 0.05) is 12.6 Å². The number of rotatable bonds is 3. The Morgan fingerprint density at radius 1 is 1.36 bits per heavy atom. The van der Waals surface area contributed by atoms with Crippen LogP contribution < -0.4 is 14.8 Å². The van der Waals surface area contributed by atoms with Gasteiger partial charge in [0.15, 0.2) is 0 Å². The maximum absolute atomic E-state index is 5.78. The zero-order valence-electron chi connectivity index (χ0n) is 8.32. The third kappa shape index (κ3) is 2.17. The van der Waals surface area contributed by atoms with Crippen LogP contribution in [0.15, 0.2) is 24.3 Å². The van der Waals surface area contributed by atoms with Gasteiger partial charge in [-0.05, 0) is 25.1 Å². The average molecular weight is 193 g/mol. The van der Waals surface area contributed by atoms with Crippen LogP contribution in [-0.2, 0) is 0 Å². The van der Waals surface area contributed by atoms with Crippen molar-refractivity contribution in [1.29, 1.82) is 0 Å². The van der Waals surface area contributed by atoms with Crippen LogP contribution in [0.25, 0.3) is 0 Å². The number of nitrogens with one attached hydrogen (secondary N) is 1. The lowest BCUT2D eigenvalue weighted by molar-refractivity contribution is 0.222. The third-order valence-electron chi connectivity index (χ3n) is 2.36. The van der Waals surface area contributed by atoms with Crippen LogP contribution in [0.3, 0.4) is 0 Å². The number of benzene rings is 1. The number of methoxy groups -OCH3 is 1. The van der Waals surface area contributed by atoms with Crippen LogP contribution in [0.5, 0.6) is 11.5 Å². The standard InChI is InChI=1S/C11H15NO2/c1-13-9-3-2-4-10(7-9)14-11-5-6-12-8-11/h2-4,7,11-12H,5-6,8H2,1H3/t11-/m1/s1. The van der Waals surface area contributed by atoms with Gasteiger partial charge >= 0.3 is 0 Å². The van der Waals surface area contributed by atoms with E-state index in [-0.39, 0.29) is 0 Å². The average Bonchev–Trinajstić information content (AvgIpc) is 2.71. The van der Waals surface area contributed by atoms with Crippen molar-refractivity contribution in [2.45, 2.75) is 12.5 Å². The normalized spacial score (nSPS) is 20.8. The maximum Gasteiger partial charge on any atom is 0.123 e. The lowest BCUT2D eigenvalue weighted by atomic mass is 10.3. The van der Waals surface area contributed by atoms with E-state index in [0.717, 1.165) is 31.0 Å². The molecule has 3 nitrogen and oxygen atoms in total. The molecule has 0 saturated carbocycles. The van der Waals surface area contributed by atoms with Crippen molar-refractivity contribution in [2.75, 3.05) is 20.2 Å². The predicted octanol–water partition coefficient (Wildman–Crippen LogP) is 1.44. The molecule has 14 heavy (non-hydrogen) atoms. The van der Waals surface area contributed by atoms with E-state index in [1.165, 1.54) is 0 Å². The molecule has 0 spiro atoms. The minimum absolute atomic E-state index is 0.308. The highest BCUT2D eigenvalue weighted by Gasteiger charge is 2.15. The lowest BCUT2D eigenvalue weighted by Gasteiger charge is -2.12. The molecule has 1 aliphatic rings. The fourth-order valence-corrected chi connectivity index (χ4v) is 1.60. The summed E-state index contributed by atoms with van der Waals surface area (Å²) in [6, 6.07) is 7.73. The van der Waals surface area contributed by atoms with Gasteiger partial charge < -0.3 is 14.8 Å². The second kappa shape index (κ2) is 4.33. The largest absolute Gasteiger partial charge is 0.497 e. The molecule has 1 atom stereocenters. The molecule has 1 heterocycles. The van der Waals surface area contributed by atoms with E-state index in [1.807, 2.05) is 24.3 Å². The number of hydrogen-bond acceptors (Lipinski definition) is 3. The van der Waals surface area contributed by atoms with Crippen molar-refractivity contribution >= 4 is 0 Å². The molecule has 0 aromatic heterocycles. The molecule has 0 unspecified atom stereocenters. The summed E-state index contributed by atoms with van der Waals surface area (Å²) in [7, 11) is 1.66. The molecule has 0 bridgehead atoms. The minimum Gasteiger partial charge on any atom is -0.497 e. The Kier molecular flexibility index (Phi) is 2.89. The molecule has 1 fully saturated rings. The molecular formula is C11H15NO2. The Balaban J connectivity index is 2.00. The summed E-state index contributed by atoms with van der Waals surface area (Å²) in [5.41, 5.74) is 0. The SMILES string of the molecule is COc1cccc(O[C@@H]2CCNC2)c1. The van der Waals surface area contributed by atoms with Crippen molar-refractivity contribution in [3.63, 3.8) is 0 Å². The summed E-state index contributed by atoms with van der Waals surface area (Å²) >= 11 is 0. The summed E-state index contributed by atoms with van der Waals surface area (Å²) < 4.78 is 10.9. The van der Waals surface area contributed by atoms with Crippen LogP contribution in [0.1, 0.15) is 6.42 Å². The van der Waals surface area contributed by atoms with E-state index in [4.69, 9.17) is 9.47 Å². The molecule has 76 valence electrons. The van der Waals surface area contributed by atoms with Crippen LogP contribution in [0, 0.1) is 0 Å². The van der Waals surface area contributed by atoms with E-state index >= 15 is 0 Å². The first-order valence-electron chi connectivity index (χ1n) is 4.90. The monoisotopic (exact) mass is 193 g/mol. The van der Waals surface area contributed by atoms with Crippen molar-refractivity contribution in [3.05, 3.63) is 24.3 Å². The fraction of sp³-hybridized carbons (Fsp3) is 0.455. The molecule has 0 amide bonds. The van der Waals surface area contributed by atoms with E-state index in [0.29, 0.717) is 6.10 Å². The van der Waals surface area contributed by atoms with Gasteiger partial charge in [0.2, 0.25) is 0 Å². The Morgan fingerprint density at radius 2 is 2.21 bits per heavy atom. The van der Waals surface area contributed by atoms with Gasteiger partial charge in [-0.1, -0.05) is 6.07 Å². The maximum atomic E-state index is 5.78. The van der Waals surface area contributed by atoms with Gasteiger partial charge in [-0.2, -0.15) is 0 Å². The van der Waals surface area contributed by atoms with Crippen molar-refractivity contribution in [2.24, 2.45) is 0 Å². The Labute approximate surface area is 84.0 Å². The minimum atomic E-state index is 0.308. The summed E-state index contributed by atoms with van der Waals surface area (Å²) in [5.74, 6) is 1.73. The first-order chi connectivity index (χ1) is 6.88. The Bertz CT molecular complexity index is 295. The summed E-state index contributed by atoms with van der Waals surface area (Å²) in [6.07, 6.45) is 1.39. The number of ether oxygens (including phenoxy) is 2. The van der Waals surface area contributed by atoms with Gasteiger partial charge in [0.05, 0.1) is 7.11 Å². The van der Waals surface area contributed by atoms with Crippen LogP contribution in [-0.4, -0.2) is 26.3 Å². The van der Waals surface area contributed by atoms with Gasteiger partial charge in [0.1, 0.15) is 17.6 Å². The predicted molar refractivity (Wildman–Crippen MR) is 54.9 cm³/mol. The second-order valence-electron chi connectivity index (χ2n) is 3.41. The topological polar surface area (TPSA) is 30.5 Å². The molecule has 0 aliphatic carbocycles. The Hall–Kier alpha value is -1.22. The summed E-state index contributed by atoms with van der Waals surface area (Å²) in [5, 5.41) is 3.26. The molecule has 1 saturated heterocycles. The molecule has 2 rings (SSSR count). The fourth-order valence-electron chi connectivity index (χ4n) is 1.60. The number of hydrogen-bond donors (Lipinski definition) is 1. The van der Waals surface area contributed by atoms with Gasteiger partial charge in [0.25, 0.3) is 0 Å². The van der Waals surface area contributed by atoms with E-state index in [1.54, 1.807) is 7.11 Å². The molecule has 1 aliphatic heterocycles. The van der Waals surface area contributed by atoms with E-state index in [9.17, 15) is 0 Å². The quantitative estimate of drug-likeness (QED) is 0.787. The van der Waals surface area contributed by atoms with Crippen molar-refractivity contribution < 1.29 is 9.47 Å². The highest BCUT2D eigenvalue weighted by molar-refractivity contribution is 5.33. The van der Waals surface area contributed by atoms with E-state index < -0.39 is 0 Å². The Morgan fingerprint density at radius 3 is 2.93 bits per heavy atom. The molecule has 1 aromatic carbocycles. The molecule has 1 N–H and O–H groups in total. The first kappa shape index (κ1) is 9.34. The van der Waals surface area contributed by atoms with Crippen LogP contribution in [0.2, 0.25) is 0 Å². The molecular weight excluding hydrogens is 178 g/mol. The first-order valence-corrected chi connectivity index (χ1v) is 4.90. The highest BCUT2D eigenvalue weighted by Crippen LogP contribution is 2.21. The van der Waals surface area contributed by atoms with E-state index in [2.05, 4.69) is 5.32 Å². The lowest BCUT2D eigenvalue weighted by Crippen LogP contribution is -2.19. The van der Waals surface area contributed by atoms with Gasteiger partial charge in [-0.25, -0.2) is 0 Å². The van der Waals surface area contributed by atoms with Crippen LogP contribution in [0.4, 0.5) is 0 Å².